The van der Waals surface area contributed by atoms with Crippen molar-refractivity contribution >= 4 is 40.0 Å². The Morgan fingerprint density at radius 2 is 1.10 bits per heavy atom. The van der Waals surface area contributed by atoms with E-state index in [-0.39, 0.29) is 0 Å². The molecule has 0 spiro atoms. The summed E-state index contributed by atoms with van der Waals surface area (Å²) in [5, 5.41) is -0.663. The van der Waals surface area contributed by atoms with E-state index in [1.165, 1.54) is 64.2 Å². The fourth-order valence-electron chi connectivity index (χ4n) is 2.29. The molecule has 0 atom stereocenters. The fourth-order valence-corrected chi connectivity index (χ4v) is 2.65. The molecular formula is C16H29Cl3O. The number of carbonyl (C=O) groups is 1. The molecule has 1 nitrogen and oxygen atoms in total. The van der Waals surface area contributed by atoms with Crippen LogP contribution in [0.5, 0.6) is 0 Å². The Balaban J connectivity index is 3.19. The molecule has 0 saturated carbocycles. The highest BCUT2D eigenvalue weighted by Crippen LogP contribution is 2.30. The summed E-state index contributed by atoms with van der Waals surface area (Å²) < 4.78 is -1.39. The van der Waals surface area contributed by atoms with Gasteiger partial charge < -0.3 is 0 Å². The summed E-state index contributed by atoms with van der Waals surface area (Å²) in [5.41, 5.74) is 0. The van der Waals surface area contributed by atoms with Gasteiger partial charge in [-0.25, -0.2) is 0 Å². The SMILES string of the molecule is CCCCCCCCCCCCCCC(Cl)(Cl)C(=O)Cl. The van der Waals surface area contributed by atoms with Crippen molar-refractivity contribution in [1.82, 2.24) is 0 Å². The lowest BCUT2D eigenvalue weighted by atomic mass is 10.0. The van der Waals surface area contributed by atoms with Gasteiger partial charge >= 0.3 is 0 Å². The third kappa shape index (κ3) is 12.3. The van der Waals surface area contributed by atoms with Crippen LogP contribution < -0.4 is 0 Å². The molecule has 4 heteroatoms. The maximum Gasteiger partial charge on any atom is 0.257 e. The van der Waals surface area contributed by atoms with E-state index in [0.29, 0.717) is 6.42 Å². The van der Waals surface area contributed by atoms with E-state index < -0.39 is 9.58 Å². The first-order valence-electron chi connectivity index (χ1n) is 8.08. The highest BCUT2D eigenvalue weighted by atomic mass is 35.5. The van der Waals surface area contributed by atoms with E-state index >= 15 is 0 Å². The molecular weight excluding hydrogens is 315 g/mol. The molecule has 0 saturated heterocycles. The third-order valence-electron chi connectivity index (χ3n) is 3.63. The second kappa shape index (κ2) is 13.2. The summed E-state index contributed by atoms with van der Waals surface area (Å²) in [6.45, 7) is 2.25. The minimum atomic E-state index is -1.39. The summed E-state index contributed by atoms with van der Waals surface area (Å²) in [4.78, 5) is 10.9. The molecule has 120 valence electrons. The number of hydrogen-bond acceptors (Lipinski definition) is 1. The second-order valence-corrected chi connectivity index (χ2v) is 7.44. The number of carbonyl (C=O) groups excluding carboxylic acids is 1. The van der Waals surface area contributed by atoms with Gasteiger partial charge in [0, 0.05) is 0 Å². The van der Waals surface area contributed by atoms with Crippen molar-refractivity contribution < 1.29 is 4.79 Å². The monoisotopic (exact) mass is 342 g/mol. The van der Waals surface area contributed by atoms with Crippen LogP contribution in [0.3, 0.4) is 0 Å². The number of alkyl halides is 2. The standard InChI is InChI=1S/C16H29Cl3O/c1-2-3-4-5-6-7-8-9-10-11-12-13-14-16(18,19)15(17)20/h2-14H2,1H3. The summed E-state index contributed by atoms with van der Waals surface area (Å²) in [6, 6.07) is 0. The van der Waals surface area contributed by atoms with Gasteiger partial charge in [-0.2, -0.15) is 0 Å². The first-order valence-corrected chi connectivity index (χ1v) is 9.22. The van der Waals surface area contributed by atoms with Gasteiger partial charge in [0.1, 0.15) is 0 Å². The summed E-state index contributed by atoms with van der Waals surface area (Å²) >= 11 is 16.9. The fraction of sp³-hybridized carbons (Fsp3) is 0.938. The molecule has 0 heterocycles. The summed E-state index contributed by atoms with van der Waals surface area (Å²) in [7, 11) is 0. The smallest absolute Gasteiger partial charge is 0.257 e. The average molecular weight is 344 g/mol. The minimum absolute atomic E-state index is 0.454. The van der Waals surface area contributed by atoms with Crippen molar-refractivity contribution in [3.8, 4) is 0 Å². The summed E-state index contributed by atoms with van der Waals surface area (Å²) in [5.74, 6) is 0. The van der Waals surface area contributed by atoms with Crippen LogP contribution in [0.4, 0.5) is 0 Å². The lowest BCUT2D eigenvalue weighted by Crippen LogP contribution is -2.20. The zero-order valence-electron chi connectivity index (χ0n) is 12.7. The van der Waals surface area contributed by atoms with Crippen LogP contribution in [0.1, 0.15) is 90.4 Å². The van der Waals surface area contributed by atoms with Crippen LogP contribution in [0.25, 0.3) is 0 Å². The van der Waals surface area contributed by atoms with Crippen LogP contribution >= 0.6 is 34.8 Å². The largest absolute Gasteiger partial charge is 0.278 e. The van der Waals surface area contributed by atoms with Crippen molar-refractivity contribution in [3.63, 3.8) is 0 Å². The number of hydrogen-bond donors (Lipinski definition) is 0. The van der Waals surface area contributed by atoms with Gasteiger partial charge in [-0.1, -0.05) is 101 Å². The molecule has 0 rings (SSSR count). The van der Waals surface area contributed by atoms with Crippen LogP contribution in [-0.2, 0) is 4.79 Å². The van der Waals surface area contributed by atoms with Crippen molar-refractivity contribution in [2.75, 3.05) is 0 Å². The van der Waals surface area contributed by atoms with Gasteiger partial charge in [0.25, 0.3) is 5.24 Å². The Hall–Kier alpha value is 0.540. The molecule has 0 aromatic carbocycles. The molecule has 0 unspecified atom stereocenters. The van der Waals surface area contributed by atoms with Gasteiger partial charge in [0.15, 0.2) is 4.33 Å². The molecule has 0 aliphatic carbocycles. The van der Waals surface area contributed by atoms with Crippen molar-refractivity contribution in [3.05, 3.63) is 0 Å². The Morgan fingerprint density at radius 3 is 1.45 bits per heavy atom. The Bertz CT molecular complexity index is 242. The van der Waals surface area contributed by atoms with E-state index in [0.717, 1.165) is 12.8 Å². The van der Waals surface area contributed by atoms with Gasteiger partial charge in [-0.15, -0.1) is 0 Å². The van der Waals surface area contributed by atoms with Crippen LogP contribution in [-0.4, -0.2) is 9.58 Å². The van der Waals surface area contributed by atoms with E-state index in [9.17, 15) is 4.79 Å². The second-order valence-electron chi connectivity index (χ2n) is 5.62. The molecule has 0 radical (unpaired) electrons. The van der Waals surface area contributed by atoms with Crippen molar-refractivity contribution in [1.29, 1.82) is 0 Å². The highest BCUT2D eigenvalue weighted by molar-refractivity contribution is 6.78. The van der Waals surface area contributed by atoms with Gasteiger partial charge in [-0.05, 0) is 24.4 Å². The maximum atomic E-state index is 10.9. The topological polar surface area (TPSA) is 17.1 Å². The first kappa shape index (κ1) is 20.5. The van der Waals surface area contributed by atoms with Gasteiger partial charge in [0.05, 0.1) is 0 Å². The maximum absolute atomic E-state index is 10.9. The first-order chi connectivity index (χ1) is 9.50. The zero-order valence-corrected chi connectivity index (χ0v) is 15.0. The highest BCUT2D eigenvalue weighted by Gasteiger charge is 2.30. The molecule has 0 aromatic rings. The minimum Gasteiger partial charge on any atom is -0.278 e. The normalized spacial score (nSPS) is 11.8. The molecule has 0 bridgehead atoms. The molecule has 0 amide bonds. The molecule has 0 aliphatic heterocycles. The van der Waals surface area contributed by atoms with E-state index in [2.05, 4.69) is 6.92 Å². The Labute approximate surface area is 139 Å². The number of rotatable bonds is 14. The van der Waals surface area contributed by atoms with Crippen molar-refractivity contribution in [2.24, 2.45) is 0 Å². The molecule has 0 N–H and O–H groups in total. The Kier molecular flexibility index (Phi) is 13.6. The molecule has 20 heavy (non-hydrogen) atoms. The quantitative estimate of drug-likeness (QED) is 0.188. The number of unbranched alkanes of at least 4 members (excludes halogenated alkanes) is 11. The lowest BCUT2D eigenvalue weighted by molar-refractivity contribution is -0.112. The Morgan fingerprint density at radius 1 is 0.750 bits per heavy atom. The summed E-state index contributed by atoms with van der Waals surface area (Å²) in [6.07, 6.45) is 15.8. The molecule has 0 aliphatic rings. The van der Waals surface area contributed by atoms with Crippen LogP contribution in [0.15, 0.2) is 0 Å². The van der Waals surface area contributed by atoms with Crippen LogP contribution in [0.2, 0.25) is 0 Å². The number of halogens is 3. The van der Waals surface area contributed by atoms with E-state index in [1.807, 2.05) is 0 Å². The average Bonchev–Trinajstić information content (AvgIpc) is 2.39. The molecule has 0 fully saturated rings. The zero-order chi connectivity index (χ0) is 15.3. The lowest BCUT2D eigenvalue weighted by Gasteiger charge is -2.13. The third-order valence-corrected chi connectivity index (χ3v) is 4.87. The van der Waals surface area contributed by atoms with E-state index in [4.69, 9.17) is 34.8 Å². The van der Waals surface area contributed by atoms with E-state index in [1.54, 1.807) is 0 Å². The van der Waals surface area contributed by atoms with Crippen molar-refractivity contribution in [2.45, 2.75) is 94.7 Å². The molecule has 0 aromatic heterocycles. The van der Waals surface area contributed by atoms with Gasteiger partial charge in [0.2, 0.25) is 0 Å². The van der Waals surface area contributed by atoms with Gasteiger partial charge in [-0.3, -0.25) is 4.79 Å². The van der Waals surface area contributed by atoms with Crippen LogP contribution in [0, 0.1) is 0 Å². The predicted molar refractivity (Wildman–Crippen MR) is 91.0 cm³/mol. The predicted octanol–water partition coefficient (Wildman–Crippen LogP) is 7.02.